The Morgan fingerprint density at radius 3 is 2.27 bits per heavy atom. The van der Waals surface area contributed by atoms with E-state index in [1.165, 1.54) is 14.2 Å². The van der Waals surface area contributed by atoms with Gasteiger partial charge in [-0.3, -0.25) is 0 Å². The molecule has 0 bridgehead atoms. The standard InChI is InChI=1S/C19H15N5O2/c1-4-11(8-20)18-13(9-21)17(14(10-22)19(23)24-18)12-5-6-15(25-2)16(7-12)26-3/h1,5-7,11,17,24H,23H2,2-3H3. The first-order valence-corrected chi connectivity index (χ1v) is 7.44. The molecule has 1 heterocycles. The van der Waals surface area contributed by atoms with Crippen LogP contribution in [-0.4, -0.2) is 14.2 Å². The van der Waals surface area contributed by atoms with E-state index in [0.29, 0.717) is 17.1 Å². The monoisotopic (exact) mass is 345 g/mol. The van der Waals surface area contributed by atoms with Gasteiger partial charge in [-0.05, 0) is 17.7 Å². The maximum absolute atomic E-state index is 9.71. The van der Waals surface area contributed by atoms with Crippen LogP contribution in [0.4, 0.5) is 0 Å². The van der Waals surface area contributed by atoms with Crippen LogP contribution in [0.2, 0.25) is 0 Å². The molecule has 1 aliphatic heterocycles. The molecule has 1 aliphatic rings. The van der Waals surface area contributed by atoms with E-state index < -0.39 is 11.8 Å². The SMILES string of the molecule is C#CC(C#N)C1=C(C#N)C(c2ccc(OC)c(OC)c2)C(C#N)=C(N)N1. The Labute approximate surface area is 151 Å². The summed E-state index contributed by atoms with van der Waals surface area (Å²) in [4.78, 5) is 0. The zero-order valence-corrected chi connectivity index (χ0v) is 14.2. The van der Waals surface area contributed by atoms with Crippen molar-refractivity contribution in [2.75, 3.05) is 14.2 Å². The van der Waals surface area contributed by atoms with Gasteiger partial charge in [0.2, 0.25) is 0 Å². The highest BCUT2D eigenvalue weighted by Crippen LogP contribution is 2.40. The van der Waals surface area contributed by atoms with E-state index in [-0.39, 0.29) is 22.7 Å². The van der Waals surface area contributed by atoms with Gasteiger partial charge in [-0.2, -0.15) is 15.8 Å². The Bertz CT molecular complexity index is 950. The molecule has 3 N–H and O–H groups in total. The minimum absolute atomic E-state index is 0.0526. The first-order chi connectivity index (χ1) is 12.6. The number of ether oxygens (including phenoxy) is 2. The predicted octanol–water partition coefficient (Wildman–Crippen LogP) is 1.64. The fourth-order valence-electron chi connectivity index (χ4n) is 2.76. The van der Waals surface area contributed by atoms with Crippen molar-refractivity contribution in [2.45, 2.75) is 5.92 Å². The van der Waals surface area contributed by atoms with Crippen LogP contribution < -0.4 is 20.5 Å². The molecule has 0 aliphatic carbocycles. The molecule has 0 amide bonds. The van der Waals surface area contributed by atoms with Crippen LogP contribution in [0, 0.1) is 52.3 Å². The Kier molecular flexibility index (Phi) is 5.39. The van der Waals surface area contributed by atoms with Crippen molar-refractivity contribution in [3.63, 3.8) is 0 Å². The minimum Gasteiger partial charge on any atom is -0.493 e. The average molecular weight is 345 g/mol. The van der Waals surface area contributed by atoms with E-state index in [1.807, 2.05) is 12.1 Å². The number of rotatable bonds is 4. The Morgan fingerprint density at radius 2 is 1.77 bits per heavy atom. The summed E-state index contributed by atoms with van der Waals surface area (Å²) in [5.74, 6) is 1.54. The van der Waals surface area contributed by atoms with Gasteiger partial charge in [0.15, 0.2) is 11.5 Å². The van der Waals surface area contributed by atoms with Gasteiger partial charge in [-0.15, -0.1) is 6.42 Å². The average Bonchev–Trinajstić information content (AvgIpc) is 2.67. The Balaban J connectivity index is 2.75. The van der Waals surface area contributed by atoms with E-state index in [4.69, 9.17) is 21.6 Å². The van der Waals surface area contributed by atoms with E-state index in [1.54, 1.807) is 18.2 Å². The maximum atomic E-state index is 9.71. The highest BCUT2D eigenvalue weighted by molar-refractivity contribution is 5.59. The second-order valence-electron chi connectivity index (χ2n) is 5.28. The van der Waals surface area contributed by atoms with Crippen LogP contribution in [0.1, 0.15) is 11.5 Å². The number of terminal acetylenes is 1. The molecule has 0 saturated heterocycles. The second kappa shape index (κ2) is 7.67. The van der Waals surface area contributed by atoms with E-state index in [2.05, 4.69) is 17.3 Å². The molecule has 1 aromatic carbocycles. The molecule has 0 saturated carbocycles. The zero-order valence-electron chi connectivity index (χ0n) is 14.2. The number of dihydropyridines is 1. The number of nitrogens with zero attached hydrogens (tertiary/aromatic N) is 3. The Morgan fingerprint density at radius 1 is 1.12 bits per heavy atom. The molecule has 0 fully saturated rings. The second-order valence-corrected chi connectivity index (χ2v) is 5.28. The van der Waals surface area contributed by atoms with Crippen LogP contribution in [-0.2, 0) is 0 Å². The van der Waals surface area contributed by atoms with Gasteiger partial charge in [-0.1, -0.05) is 12.0 Å². The molecule has 2 atom stereocenters. The molecule has 1 aromatic rings. The fourth-order valence-corrected chi connectivity index (χ4v) is 2.76. The summed E-state index contributed by atoms with van der Waals surface area (Å²) < 4.78 is 10.5. The third-order valence-corrected chi connectivity index (χ3v) is 3.99. The van der Waals surface area contributed by atoms with Crippen molar-refractivity contribution in [1.29, 1.82) is 15.8 Å². The lowest BCUT2D eigenvalue weighted by Gasteiger charge is -2.28. The first kappa shape index (κ1) is 18.3. The van der Waals surface area contributed by atoms with Gasteiger partial charge in [-0.25, -0.2) is 0 Å². The van der Waals surface area contributed by atoms with Gasteiger partial charge in [0.1, 0.15) is 11.7 Å². The summed E-state index contributed by atoms with van der Waals surface area (Å²) in [7, 11) is 2.99. The van der Waals surface area contributed by atoms with Crippen molar-refractivity contribution in [3.8, 4) is 42.1 Å². The summed E-state index contributed by atoms with van der Waals surface area (Å²) in [5.41, 5.74) is 7.08. The van der Waals surface area contributed by atoms with Crippen molar-refractivity contribution < 1.29 is 9.47 Å². The van der Waals surface area contributed by atoms with Crippen molar-refractivity contribution in [2.24, 2.45) is 11.7 Å². The normalized spacial score (nSPS) is 17.1. The van der Waals surface area contributed by atoms with Crippen LogP contribution in [0.15, 0.2) is 40.9 Å². The van der Waals surface area contributed by atoms with Gasteiger partial charge in [0, 0.05) is 0 Å². The smallest absolute Gasteiger partial charge is 0.161 e. The van der Waals surface area contributed by atoms with E-state index >= 15 is 0 Å². The van der Waals surface area contributed by atoms with Gasteiger partial charge in [0.25, 0.3) is 0 Å². The van der Waals surface area contributed by atoms with Crippen LogP contribution in [0.5, 0.6) is 11.5 Å². The predicted molar refractivity (Wildman–Crippen MR) is 92.8 cm³/mol. The third-order valence-electron chi connectivity index (χ3n) is 3.99. The molecule has 0 spiro atoms. The van der Waals surface area contributed by atoms with E-state index in [0.717, 1.165) is 0 Å². The highest BCUT2D eigenvalue weighted by atomic mass is 16.5. The number of nitrogens with two attached hydrogens (primary N) is 1. The van der Waals surface area contributed by atoms with Gasteiger partial charge >= 0.3 is 0 Å². The molecule has 7 heteroatoms. The number of hydrogen-bond donors (Lipinski definition) is 2. The number of allylic oxidation sites excluding steroid dienone is 3. The van der Waals surface area contributed by atoms with E-state index in [9.17, 15) is 15.8 Å². The molecular weight excluding hydrogens is 330 g/mol. The summed E-state index contributed by atoms with van der Waals surface area (Å²) >= 11 is 0. The van der Waals surface area contributed by atoms with Crippen LogP contribution >= 0.6 is 0 Å². The summed E-state index contributed by atoms with van der Waals surface area (Å²) in [5, 5.41) is 31.3. The van der Waals surface area contributed by atoms with Crippen molar-refractivity contribution in [3.05, 3.63) is 46.4 Å². The summed E-state index contributed by atoms with van der Waals surface area (Å²) in [6.45, 7) is 0. The molecule has 128 valence electrons. The lowest BCUT2D eigenvalue weighted by atomic mass is 9.80. The number of benzene rings is 1. The van der Waals surface area contributed by atoms with Crippen molar-refractivity contribution in [1.82, 2.24) is 5.32 Å². The van der Waals surface area contributed by atoms with Gasteiger partial charge < -0.3 is 20.5 Å². The molecule has 0 aromatic heterocycles. The first-order valence-electron chi connectivity index (χ1n) is 7.44. The molecule has 0 radical (unpaired) electrons. The molecule has 7 nitrogen and oxygen atoms in total. The molecule has 26 heavy (non-hydrogen) atoms. The number of hydrogen-bond acceptors (Lipinski definition) is 7. The number of nitrogens with one attached hydrogen (secondary N) is 1. The van der Waals surface area contributed by atoms with Crippen LogP contribution in [0.25, 0.3) is 0 Å². The molecule has 2 rings (SSSR count). The summed E-state index contributed by atoms with van der Waals surface area (Å²) in [6, 6.07) is 11.1. The Hall–Kier alpha value is -4.07. The minimum atomic E-state index is -0.994. The lowest BCUT2D eigenvalue weighted by molar-refractivity contribution is 0.354. The third kappa shape index (κ3) is 2.98. The van der Waals surface area contributed by atoms with Gasteiger partial charge in [0.05, 0.1) is 55.2 Å². The highest BCUT2D eigenvalue weighted by Gasteiger charge is 2.34. The number of nitriles is 3. The molecular formula is C19H15N5O2. The lowest BCUT2D eigenvalue weighted by Crippen LogP contribution is -2.33. The maximum Gasteiger partial charge on any atom is 0.161 e. The summed E-state index contributed by atoms with van der Waals surface area (Å²) in [6.07, 6.45) is 5.40. The number of methoxy groups -OCH3 is 2. The zero-order chi connectivity index (χ0) is 19.3. The topological polar surface area (TPSA) is 128 Å². The molecule has 2 unspecified atom stereocenters. The fraction of sp³-hybridized carbons (Fsp3) is 0.211. The quantitative estimate of drug-likeness (QED) is 0.794. The van der Waals surface area contributed by atoms with Crippen molar-refractivity contribution >= 4 is 0 Å². The van der Waals surface area contributed by atoms with Crippen LogP contribution in [0.3, 0.4) is 0 Å². The largest absolute Gasteiger partial charge is 0.493 e.